The molecule has 0 spiro atoms. The number of fused-ring (bicyclic) bond motifs is 1. The first-order chi connectivity index (χ1) is 24.1. The Morgan fingerprint density at radius 2 is 1.48 bits per heavy atom. The van der Waals surface area contributed by atoms with Crippen LogP contribution < -0.4 is 18.9 Å². The van der Waals surface area contributed by atoms with Gasteiger partial charge in [0.15, 0.2) is 40.8 Å². The number of carbonyl (C=O) groups excluding carboxylic acids is 2. The second kappa shape index (κ2) is 16.1. The number of rotatable bonds is 13. The van der Waals surface area contributed by atoms with E-state index in [-0.39, 0.29) is 29.6 Å². The van der Waals surface area contributed by atoms with Gasteiger partial charge in [-0.3, -0.25) is 4.79 Å². The number of phenols is 2. The summed E-state index contributed by atoms with van der Waals surface area (Å²) in [6, 6.07) is 12.7. The van der Waals surface area contributed by atoms with Gasteiger partial charge >= 0.3 is 5.97 Å². The van der Waals surface area contributed by atoms with Gasteiger partial charge in [0.25, 0.3) is 0 Å². The lowest BCUT2D eigenvalue weighted by Crippen LogP contribution is -2.59. The molecule has 1 saturated heterocycles. The van der Waals surface area contributed by atoms with Gasteiger partial charge in [0.05, 0.1) is 33.9 Å². The van der Waals surface area contributed by atoms with Crippen LogP contribution in [0.25, 0.3) is 12.2 Å². The molecule has 0 saturated carbocycles. The van der Waals surface area contributed by atoms with Crippen LogP contribution >= 0.6 is 0 Å². The quantitative estimate of drug-likeness (QED) is 0.0994. The van der Waals surface area contributed by atoms with E-state index in [9.17, 15) is 35.1 Å². The molecule has 266 valence electrons. The Morgan fingerprint density at radius 3 is 2.18 bits per heavy atom. The van der Waals surface area contributed by atoms with E-state index in [1.165, 1.54) is 51.7 Å². The summed E-state index contributed by atoms with van der Waals surface area (Å²) in [7, 11) is 4.28. The lowest BCUT2D eigenvalue weighted by Gasteiger charge is -2.40. The van der Waals surface area contributed by atoms with Crippen molar-refractivity contribution in [2.75, 3.05) is 34.5 Å². The summed E-state index contributed by atoms with van der Waals surface area (Å²) in [5, 5.41) is 52.1. The molecule has 50 heavy (non-hydrogen) atoms. The number of aliphatic hydroxyl groups excluding tert-OH is 3. The Bertz CT molecular complexity index is 1740. The van der Waals surface area contributed by atoms with E-state index in [1.54, 1.807) is 36.4 Å². The highest BCUT2D eigenvalue weighted by Crippen LogP contribution is 2.52. The number of aromatic hydroxyl groups is 2. The fraction of sp³-hybridized carbons (Fsp3) is 0.333. The summed E-state index contributed by atoms with van der Waals surface area (Å²) < 4.78 is 39.4. The normalized spacial score (nSPS) is 24.5. The van der Waals surface area contributed by atoms with E-state index in [2.05, 4.69) is 0 Å². The summed E-state index contributed by atoms with van der Waals surface area (Å²) in [4.78, 5) is 23.5. The highest BCUT2D eigenvalue weighted by atomic mass is 16.7. The molecule has 2 heterocycles. The summed E-state index contributed by atoms with van der Waals surface area (Å²) >= 11 is 0. The first-order valence-electron chi connectivity index (χ1n) is 15.5. The van der Waals surface area contributed by atoms with Gasteiger partial charge in [-0.2, -0.15) is 0 Å². The maximum Gasteiger partial charge on any atom is 0.330 e. The molecule has 14 nitrogen and oxygen atoms in total. The molecule has 3 aromatic rings. The third kappa shape index (κ3) is 7.85. The fourth-order valence-corrected chi connectivity index (χ4v) is 5.73. The highest BCUT2D eigenvalue weighted by molar-refractivity contribution is 5.87. The average molecular weight is 695 g/mol. The Hall–Kier alpha value is -5.12. The molecule has 1 fully saturated rings. The van der Waals surface area contributed by atoms with Gasteiger partial charge in [-0.05, 0) is 65.2 Å². The molecule has 5 rings (SSSR count). The van der Waals surface area contributed by atoms with E-state index in [0.717, 1.165) is 6.08 Å². The number of allylic oxidation sites excluding steroid dienone is 1. The second-order valence-electron chi connectivity index (χ2n) is 11.5. The minimum atomic E-state index is -1.71. The lowest BCUT2D eigenvalue weighted by molar-refractivity contribution is -0.302. The van der Waals surface area contributed by atoms with Crippen LogP contribution in [-0.4, -0.2) is 103 Å². The molecule has 14 heteroatoms. The predicted octanol–water partition coefficient (Wildman–Crippen LogP) is 2.63. The zero-order valence-electron chi connectivity index (χ0n) is 27.4. The number of ether oxygens (including phenoxy) is 7. The molecule has 0 radical (unpaired) electrons. The van der Waals surface area contributed by atoms with Crippen molar-refractivity contribution in [3.63, 3.8) is 0 Å². The number of hydrogen-bond donors (Lipinski definition) is 5. The molecule has 0 aliphatic carbocycles. The van der Waals surface area contributed by atoms with Crippen molar-refractivity contribution < 1.29 is 68.3 Å². The molecule has 0 amide bonds. The lowest BCUT2D eigenvalue weighted by atomic mass is 9.90. The fourth-order valence-electron chi connectivity index (χ4n) is 5.73. The average Bonchev–Trinajstić information content (AvgIpc) is 3.49. The first kappa shape index (κ1) is 36.2. The van der Waals surface area contributed by atoms with Crippen molar-refractivity contribution >= 4 is 24.4 Å². The van der Waals surface area contributed by atoms with Gasteiger partial charge in [0.1, 0.15) is 43.4 Å². The number of esters is 1. The Balaban J connectivity index is 1.34. The summed E-state index contributed by atoms with van der Waals surface area (Å²) in [5.74, 6) is -0.290. The van der Waals surface area contributed by atoms with Crippen LogP contribution in [0.2, 0.25) is 0 Å². The molecule has 2 aliphatic rings. The van der Waals surface area contributed by atoms with E-state index < -0.39 is 55.3 Å². The van der Waals surface area contributed by atoms with Gasteiger partial charge < -0.3 is 58.7 Å². The third-order valence-corrected chi connectivity index (χ3v) is 8.35. The van der Waals surface area contributed by atoms with Crippen LogP contribution in [0.4, 0.5) is 0 Å². The number of aldehydes is 1. The molecular weight excluding hydrogens is 656 g/mol. The number of aliphatic hydroxyl groups is 3. The molecule has 7 atom stereocenters. The minimum Gasteiger partial charge on any atom is -0.504 e. The van der Waals surface area contributed by atoms with E-state index in [0.29, 0.717) is 40.0 Å². The molecule has 0 bridgehead atoms. The van der Waals surface area contributed by atoms with Crippen molar-refractivity contribution in [1.29, 1.82) is 0 Å². The highest BCUT2D eigenvalue weighted by Gasteiger charge is 2.46. The first-order valence-corrected chi connectivity index (χ1v) is 15.5. The number of methoxy groups -OCH3 is 3. The molecular formula is C36H38O14. The van der Waals surface area contributed by atoms with Crippen LogP contribution in [0, 0.1) is 0 Å². The maximum absolute atomic E-state index is 12.5. The second-order valence-corrected chi connectivity index (χ2v) is 11.5. The van der Waals surface area contributed by atoms with Crippen LogP contribution in [0.5, 0.6) is 34.5 Å². The SMILES string of the molecule is COc1cc(/C=C/C(=O)OC[C@H]2O[C@@H](OC[C@@H]3c4cc(/C=C/C=O)cc(OC)c4O[C@H]3c3ccc(O)c(OC)c3)[C@H](O)[C@@H](O)[C@@H]2O)ccc1O. The van der Waals surface area contributed by atoms with Gasteiger partial charge in [-0.15, -0.1) is 0 Å². The predicted molar refractivity (Wildman–Crippen MR) is 176 cm³/mol. The molecule has 0 aromatic heterocycles. The Labute approximate surface area is 287 Å². The van der Waals surface area contributed by atoms with Crippen LogP contribution in [0.1, 0.15) is 34.3 Å². The van der Waals surface area contributed by atoms with Gasteiger partial charge in [-0.25, -0.2) is 4.79 Å². The topological polar surface area (TPSA) is 200 Å². The van der Waals surface area contributed by atoms with Crippen molar-refractivity contribution in [1.82, 2.24) is 0 Å². The number of carbonyl (C=O) groups is 2. The van der Waals surface area contributed by atoms with Crippen molar-refractivity contribution in [2.45, 2.75) is 42.7 Å². The molecule has 2 aliphatic heterocycles. The van der Waals surface area contributed by atoms with Crippen LogP contribution in [-0.2, 0) is 23.8 Å². The van der Waals surface area contributed by atoms with Gasteiger partial charge in [0, 0.05) is 11.6 Å². The number of phenolic OH excluding ortho intramolecular Hbond substituents is 2. The van der Waals surface area contributed by atoms with Gasteiger partial charge in [-0.1, -0.05) is 18.2 Å². The van der Waals surface area contributed by atoms with E-state index in [4.69, 9.17) is 33.2 Å². The smallest absolute Gasteiger partial charge is 0.330 e. The monoisotopic (exact) mass is 694 g/mol. The third-order valence-electron chi connectivity index (χ3n) is 8.35. The molecule has 0 unspecified atom stereocenters. The minimum absolute atomic E-state index is 0.0647. The largest absolute Gasteiger partial charge is 0.504 e. The standard InChI is InChI=1S/C36H38O14/c1-44-26-14-19(6-9-24(26)38)7-11-30(40)47-18-29-31(41)32(42)33(43)36(49-29)48-17-23-22-13-20(5-4-12-37)15-28(46-3)35(22)50-34(23)21-8-10-25(39)27(16-21)45-2/h4-16,23,29,31-34,36,38-39,41-43H,17-18H2,1-3H3/b5-4+,11-7+/t23-,29-,31-,32+,33-,34+,36-/m1/s1. The van der Waals surface area contributed by atoms with Crippen molar-refractivity contribution in [2.24, 2.45) is 0 Å². The molecule has 3 aromatic carbocycles. The summed E-state index contributed by atoms with van der Waals surface area (Å²) in [5.41, 5.74) is 2.43. The van der Waals surface area contributed by atoms with Gasteiger partial charge in [0.2, 0.25) is 0 Å². The maximum atomic E-state index is 12.5. The van der Waals surface area contributed by atoms with E-state index in [1.807, 2.05) is 0 Å². The van der Waals surface area contributed by atoms with Crippen LogP contribution in [0.3, 0.4) is 0 Å². The van der Waals surface area contributed by atoms with E-state index >= 15 is 0 Å². The zero-order valence-corrected chi connectivity index (χ0v) is 27.4. The van der Waals surface area contributed by atoms with Crippen LogP contribution in [0.15, 0.2) is 60.7 Å². The Morgan fingerprint density at radius 1 is 0.800 bits per heavy atom. The molecule has 5 N–H and O–H groups in total. The zero-order chi connectivity index (χ0) is 35.9. The number of hydrogen-bond acceptors (Lipinski definition) is 14. The van der Waals surface area contributed by atoms with Crippen molar-refractivity contribution in [3.8, 4) is 34.5 Å². The summed E-state index contributed by atoms with van der Waals surface area (Å²) in [6.45, 7) is -0.636. The Kier molecular flexibility index (Phi) is 11.6. The number of benzene rings is 3. The summed E-state index contributed by atoms with van der Waals surface area (Å²) in [6.07, 6.45) is -2.32. The van der Waals surface area contributed by atoms with Crippen molar-refractivity contribution in [3.05, 3.63) is 82.9 Å².